The van der Waals surface area contributed by atoms with Gasteiger partial charge in [0, 0.05) is 23.1 Å². The normalized spacial score (nSPS) is 18.6. The number of nitrogens with zero attached hydrogens (tertiary/aromatic N) is 1. The summed E-state index contributed by atoms with van der Waals surface area (Å²) in [6, 6.07) is 8.11. The molecule has 0 saturated carbocycles. The number of fused-ring (bicyclic) bond motifs is 3. The second-order valence-electron chi connectivity index (χ2n) is 4.33. The summed E-state index contributed by atoms with van der Waals surface area (Å²) >= 11 is 0. The van der Waals surface area contributed by atoms with Crippen LogP contribution in [0.1, 0.15) is 11.3 Å². The van der Waals surface area contributed by atoms with Crippen LogP contribution < -0.4 is 0 Å². The van der Waals surface area contributed by atoms with E-state index in [1.165, 1.54) is 5.39 Å². The molecule has 1 aliphatic rings. The standard InChI is InChI=1S/C12H13NO2S/c1-9-10-4-2-3-5-11(10)13-6-7-16(14,15)8-12(9)13/h2-5H,6-8H2,1H3. The van der Waals surface area contributed by atoms with Crippen LogP contribution in [0.4, 0.5) is 0 Å². The van der Waals surface area contributed by atoms with Gasteiger partial charge in [-0.3, -0.25) is 0 Å². The molecule has 0 amide bonds. The van der Waals surface area contributed by atoms with Crippen LogP contribution >= 0.6 is 0 Å². The molecule has 0 radical (unpaired) electrons. The lowest BCUT2D eigenvalue weighted by Crippen LogP contribution is -2.23. The van der Waals surface area contributed by atoms with Gasteiger partial charge in [0.15, 0.2) is 9.84 Å². The highest BCUT2D eigenvalue weighted by Crippen LogP contribution is 2.29. The van der Waals surface area contributed by atoms with Crippen LogP contribution in [0.2, 0.25) is 0 Å². The largest absolute Gasteiger partial charge is 0.342 e. The predicted octanol–water partition coefficient (Wildman–Crippen LogP) is 1.88. The molecule has 84 valence electrons. The van der Waals surface area contributed by atoms with Crippen LogP contribution in [0.15, 0.2) is 24.3 Å². The molecule has 1 aliphatic heterocycles. The van der Waals surface area contributed by atoms with Crippen molar-refractivity contribution in [3.05, 3.63) is 35.5 Å². The fourth-order valence-corrected chi connectivity index (χ4v) is 3.88. The molecule has 0 unspecified atom stereocenters. The number of hydrogen-bond donors (Lipinski definition) is 0. The zero-order chi connectivity index (χ0) is 11.3. The van der Waals surface area contributed by atoms with Crippen molar-refractivity contribution < 1.29 is 8.42 Å². The van der Waals surface area contributed by atoms with Crippen molar-refractivity contribution in [2.24, 2.45) is 0 Å². The molecular weight excluding hydrogens is 222 g/mol. The van der Waals surface area contributed by atoms with Gasteiger partial charge in [-0.2, -0.15) is 0 Å². The second-order valence-corrected chi connectivity index (χ2v) is 6.52. The number of aryl methyl sites for hydroxylation is 2. The fourth-order valence-electron chi connectivity index (χ4n) is 2.48. The number of aromatic nitrogens is 1. The van der Waals surface area contributed by atoms with Gasteiger partial charge in [0.1, 0.15) is 0 Å². The van der Waals surface area contributed by atoms with E-state index in [-0.39, 0.29) is 11.5 Å². The molecule has 2 aromatic rings. The smallest absolute Gasteiger partial charge is 0.157 e. The Bertz CT molecular complexity index is 668. The lowest BCUT2D eigenvalue weighted by molar-refractivity contribution is 0.576. The number of para-hydroxylation sites is 1. The fraction of sp³-hybridized carbons (Fsp3) is 0.333. The van der Waals surface area contributed by atoms with E-state index in [4.69, 9.17) is 0 Å². The van der Waals surface area contributed by atoms with Gasteiger partial charge in [-0.05, 0) is 18.6 Å². The SMILES string of the molecule is Cc1c2n(c3ccccc13)CCS(=O)(=O)C2. The van der Waals surface area contributed by atoms with E-state index in [1.54, 1.807) is 0 Å². The van der Waals surface area contributed by atoms with Crippen LogP contribution in [0.25, 0.3) is 10.9 Å². The van der Waals surface area contributed by atoms with Crippen LogP contribution in [0, 0.1) is 6.92 Å². The quantitative estimate of drug-likeness (QED) is 0.699. The Morgan fingerprint density at radius 3 is 2.81 bits per heavy atom. The molecule has 2 heterocycles. The van der Waals surface area contributed by atoms with Crippen LogP contribution in [0.5, 0.6) is 0 Å². The molecule has 1 aromatic carbocycles. The van der Waals surface area contributed by atoms with Gasteiger partial charge >= 0.3 is 0 Å². The minimum atomic E-state index is -2.89. The first kappa shape index (κ1) is 9.90. The van der Waals surface area contributed by atoms with Crippen molar-refractivity contribution in [2.75, 3.05) is 5.75 Å². The van der Waals surface area contributed by atoms with E-state index >= 15 is 0 Å². The Morgan fingerprint density at radius 2 is 2.00 bits per heavy atom. The molecule has 0 bridgehead atoms. The van der Waals surface area contributed by atoms with Gasteiger partial charge in [-0.15, -0.1) is 0 Å². The molecule has 0 spiro atoms. The topological polar surface area (TPSA) is 39.1 Å². The monoisotopic (exact) mass is 235 g/mol. The van der Waals surface area contributed by atoms with E-state index in [0.717, 1.165) is 16.8 Å². The number of hydrogen-bond acceptors (Lipinski definition) is 2. The highest BCUT2D eigenvalue weighted by molar-refractivity contribution is 7.90. The van der Waals surface area contributed by atoms with E-state index < -0.39 is 9.84 Å². The molecule has 0 fully saturated rings. The maximum Gasteiger partial charge on any atom is 0.157 e. The van der Waals surface area contributed by atoms with Gasteiger partial charge in [0.2, 0.25) is 0 Å². The Balaban J connectivity index is 2.37. The van der Waals surface area contributed by atoms with Crippen LogP contribution in [-0.4, -0.2) is 18.7 Å². The van der Waals surface area contributed by atoms with Crippen molar-refractivity contribution in [1.29, 1.82) is 0 Å². The first-order chi connectivity index (χ1) is 7.58. The molecule has 4 heteroatoms. The number of rotatable bonds is 0. The number of sulfone groups is 1. The third kappa shape index (κ3) is 1.29. The van der Waals surface area contributed by atoms with E-state index in [9.17, 15) is 8.42 Å². The first-order valence-electron chi connectivity index (χ1n) is 5.36. The third-order valence-corrected chi connectivity index (χ3v) is 4.86. The van der Waals surface area contributed by atoms with Gasteiger partial charge in [0.05, 0.1) is 11.5 Å². The van der Waals surface area contributed by atoms with Crippen molar-refractivity contribution in [3.8, 4) is 0 Å². The first-order valence-corrected chi connectivity index (χ1v) is 7.18. The average Bonchev–Trinajstić information content (AvgIpc) is 2.52. The highest BCUT2D eigenvalue weighted by Gasteiger charge is 2.25. The summed E-state index contributed by atoms with van der Waals surface area (Å²) < 4.78 is 25.4. The van der Waals surface area contributed by atoms with Crippen molar-refractivity contribution in [1.82, 2.24) is 4.57 Å². The molecule has 0 atom stereocenters. The molecular formula is C12H13NO2S. The summed E-state index contributed by atoms with van der Waals surface area (Å²) in [5, 5.41) is 1.18. The molecule has 1 aromatic heterocycles. The molecule has 0 aliphatic carbocycles. The van der Waals surface area contributed by atoms with E-state index in [2.05, 4.69) is 16.7 Å². The van der Waals surface area contributed by atoms with Gasteiger partial charge in [0.25, 0.3) is 0 Å². The highest BCUT2D eigenvalue weighted by atomic mass is 32.2. The minimum absolute atomic E-state index is 0.188. The Kier molecular flexibility index (Phi) is 1.92. The van der Waals surface area contributed by atoms with Gasteiger partial charge in [-0.25, -0.2) is 8.42 Å². The Hall–Kier alpha value is -1.29. The molecule has 0 saturated heterocycles. The van der Waals surface area contributed by atoms with Crippen molar-refractivity contribution in [2.45, 2.75) is 19.2 Å². The summed E-state index contributed by atoms with van der Waals surface area (Å²) in [7, 11) is -2.89. The average molecular weight is 235 g/mol. The lowest BCUT2D eigenvalue weighted by Gasteiger charge is -2.17. The summed E-state index contributed by atoms with van der Waals surface area (Å²) in [4.78, 5) is 0. The zero-order valence-corrected chi connectivity index (χ0v) is 9.92. The van der Waals surface area contributed by atoms with E-state index in [0.29, 0.717) is 6.54 Å². The van der Waals surface area contributed by atoms with Gasteiger partial charge in [-0.1, -0.05) is 18.2 Å². The molecule has 3 nitrogen and oxygen atoms in total. The van der Waals surface area contributed by atoms with E-state index in [1.807, 2.05) is 19.1 Å². The maximum atomic E-state index is 11.6. The summed E-state index contributed by atoms with van der Waals surface area (Å²) in [5.41, 5.74) is 3.23. The summed E-state index contributed by atoms with van der Waals surface area (Å²) in [6.45, 7) is 2.60. The van der Waals surface area contributed by atoms with Crippen molar-refractivity contribution in [3.63, 3.8) is 0 Å². The second kappa shape index (κ2) is 3.10. The number of benzene rings is 1. The van der Waals surface area contributed by atoms with Crippen molar-refractivity contribution >= 4 is 20.7 Å². The summed E-state index contributed by atoms with van der Waals surface area (Å²) in [5.74, 6) is 0.450. The minimum Gasteiger partial charge on any atom is -0.342 e. The maximum absolute atomic E-state index is 11.6. The Labute approximate surface area is 94.6 Å². The van der Waals surface area contributed by atoms with Crippen LogP contribution in [-0.2, 0) is 22.1 Å². The zero-order valence-electron chi connectivity index (χ0n) is 9.10. The van der Waals surface area contributed by atoms with Gasteiger partial charge < -0.3 is 4.57 Å². The van der Waals surface area contributed by atoms with Crippen LogP contribution in [0.3, 0.4) is 0 Å². The third-order valence-electron chi connectivity index (χ3n) is 3.34. The Morgan fingerprint density at radius 1 is 1.25 bits per heavy atom. The lowest BCUT2D eigenvalue weighted by atomic mass is 10.2. The predicted molar refractivity (Wildman–Crippen MR) is 64.2 cm³/mol. The molecule has 3 rings (SSSR count). The molecule has 16 heavy (non-hydrogen) atoms. The molecule has 0 N–H and O–H groups in total. The summed E-state index contributed by atoms with van der Waals surface area (Å²) in [6.07, 6.45) is 0.